The van der Waals surface area contributed by atoms with Crippen molar-refractivity contribution in [3.05, 3.63) is 99.1 Å². The van der Waals surface area contributed by atoms with Gasteiger partial charge in [0.25, 0.3) is 5.91 Å². The lowest BCUT2D eigenvalue weighted by Crippen LogP contribution is -2.35. The maximum Gasteiger partial charge on any atom is 0.417 e. The van der Waals surface area contributed by atoms with Crippen LogP contribution in [-0.4, -0.2) is 21.7 Å². The van der Waals surface area contributed by atoms with Gasteiger partial charge in [0.05, 0.1) is 17.2 Å². The first-order valence-electron chi connectivity index (χ1n) is 10.3. The van der Waals surface area contributed by atoms with E-state index >= 15 is 0 Å². The number of benzene rings is 2. The number of rotatable bonds is 5. The van der Waals surface area contributed by atoms with Gasteiger partial charge in [-0.05, 0) is 53.8 Å². The van der Waals surface area contributed by atoms with E-state index in [9.17, 15) is 27.2 Å². The smallest absolute Gasteiger partial charge is 0.366 e. The van der Waals surface area contributed by atoms with Gasteiger partial charge in [0, 0.05) is 29.5 Å². The molecule has 2 N–H and O–H groups in total. The van der Waals surface area contributed by atoms with Crippen LogP contribution in [0.2, 0.25) is 5.02 Å². The van der Waals surface area contributed by atoms with E-state index in [1.54, 1.807) is 18.2 Å². The van der Waals surface area contributed by atoms with E-state index in [1.165, 1.54) is 17.0 Å². The Morgan fingerprint density at radius 2 is 1.88 bits per heavy atom. The molecule has 0 saturated carbocycles. The quantitative estimate of drug-likeness (QED) is 0.491. The van der Waals surface area contributed by atoms with Crippen LogP contribution in [0.3, 0.4) is 0 Å². The van der Waals surface area contributed by atoms with Crippen LogP contribution in [0.1, 0.15) is 55.4 Å². The summed E-state index contributed by atoms with van der Waals surface area (Å²) in [6.07, 6.45) is -2.46. The number of fused-ring (bicyclic) bond motifs is 1. The number of alkyl halides is 3. The summed E-state index contributed by atoms with van der Waals surface area (Å²) in [6.45, 7) is -0.234. The monoisotopic (exact) mass is 491 g/mol. The van der Waals surface area contributed by atoms with Crippen molar-refractivity contribution >= 4 is 23.4 Å². The standard InChI is InChI=1S/C24H18ClF4N3O2/c25-14-9-17-16(20(26)10-14)5-6-21(17)32(12-13-3-1-2-4-15(13)22(30)33)23(34)18-11-31-8-7-19(18)24(27,28)29/h1-4,7-11,21H,5-6,12H2,(H2,30,33)/t21-/m1/s1. The van der Waals surface area contributed by atoms with Crippen molar-refractivity contribution in [1.29, 1.82) is 0 Å². The molecule has 1 heterocycles. The number of pyridine rings is 1. The highest BCUT2D eigenvalue weighted by atomic mass is 35.5. The number of nitrogens with two attached hydrogens (primary N) is 1. The summed E-state index contributed by atoms with van der Waals surface area (Å²) >= 11 is 6.04. The minimum Gasteiger partial charge on any atom is -0.366 e. The van der Waals surface area contributed by atoms with E-state index in [0.29, 0.717) is 16.7 Å². The van der Waals surface area contributed by atoms with Gasteiger partial charge in [-0.2, -0.15) is 13.2 Å². The van der Waals surface area contributed by atoms with Crippen LogP contribution in [0.4, 0.5) is 17.6 Å². The number of amides is 2. The summed E-state index contributed by atoms with van der Waals surface area (Å²) in [6, 6.07) is 8.83. The van der Waals surface area contributed by atoms with Crippen LogP contribution in [0.5, 0.6) is 0 Å². The minimum absolute atomic E-state index is 0.102. The molecule has 34 heavy (non-hydrogen) atoms. The van der Waals surface area contributed by atoms with E-state index in [1.807, 2.05) is 0 Å². The van der Waals surface area contributed by atoms with Crippen molar-refractivity contribution in [3.8, 4) is 0 Å². The lowest BCUT2D eigenvalue weighted by molar-refractivity contribution is -0.138. The Balaban J connectivity index is 1.85. The van der Waals surface area contributed by atoms with E-state index in [0.717, 1.165) is 24.5 Å². The minimum atomic E-state index is -4.80. The number of hydrogen-bond donors (Lipinski definition) is 1. The molecule has 176 valence electrons. The summed E-state index contributed by atoms with van der Waals surface area (Å²) in [7, 11) is 0. The second-order valence-electron chi connectivity index (χ2n) is 7.88. The molecule has 1 aromatic heterocycles. The predicted octanol–water partition coefficient (Wildman–Crippen LogP) is 5.32. The van der Waals surface area contributed by atoms with E-state index in [2.05, 4.69) is 4.98 Å². The fraction of sp³-hybridized carbons (Fsp3) is 0.208. The number of nitrogens with zero attached hydrogens (tertiary/aromatic N) is 2. The maximum absolute atomic E-state index is 14.5. The fourth-order valence-electron chi connectivity index (χ4n) is 4.32. The van der Waals surface area contributed by atoms with Crippen molar-refractivity contribution in [3.63, 3.8) is 0 Å². The Kier molecular flexibility index (Phi) is 6.31. The molecule has 1 aliphatic rings. The van der Waals surface area contributed by atoms with Crippen molar-refractivity contribution in [2.75, 3.05) is 0 Å². The lowest BCUT2D eigenvalue weighted by atomic mass is 10.0. The van der Waals surface area contributed by atoms with Crippen molar-refractivity contribution in [1.82, 2.24) is 9.88 Å². The van der Waals surface area contributed by atoms with Gasteiger partial charge in [0.2, 0.25) is 5.91 Å². The molecule has 1 aliphatic carbocycles. The van der Waals surface area contributed by atoms with Gasteiger partial charge in [-0.15, -0.1) is 0 Å². The topological polar surface area (TPSA) is 76.3 Å². The number of aromatic nitrogens is 1. The molecule has 2 aromatic carbocycles. The van der Waals surface area contributed by atoms with Gasteiger partial charge < -0.3 is 10.6 Å². The van der Waals surface area contributed by atoms with Gasteiger partial charge in [0.15, 0.2) is 0 Å². The first-order valence-corrected chi connectivity index (χ1v) is 10.6. The fourth-order valence-corrected chi connectivity index (χ4v) is 4.53. The van der Waals surface area contributed by atoms with Crippen LogP contribution in [-0.2, 0) is 19.1 Å². The zero-order valence-electron chi connectivity index (χ0n) is 17.6. The molecule has 0 fully saturated rings. The third-order valence-electron chi connectivity index (χ3n) is 5.84. The molecule has 5 nitrogen and oxygen atoms in total. The summed E-state index contributed by atoms with van der Waals surface area (Å²) in [4.78, 5) is 30.4. The van der Waals surface area contributed by atoms with Crippen molar-refractivity contribution in [2.45, 2.75) is 31.6 Å². The van der Waals surface area contributed by atoms with Crippen molar-refractivity contribution in [2.24, 2.45) is 5.73 Å². The highest BCUT2D eigenvalue weighted by Gasteiger charge is 2.39. The molecular weight excluding hydrogens is 474 g/mol. The molecule has 1 atom stereocenters. The van der Waals surface area contributed by atoms with Gasteiger partial charge >= 0.3 is 6.18 Å². The van der Waals surface area contributed by atoms with Crippen molar-refractivity contribution < 1.29 is 27.2 Å². The SMILES string of the molecule is NC(=O)c1ccccc1CN(C(=O)c1cnccc1C(F)(F)F)[C@@H]1CCc2c(F)cc(Cl)cc21. The normalized spacial score (nSPS) is 15.1. The summed E-state index contributed by atoms with van der Waals surface area (Å²) in [5, 5.41) is 0.102. The molecule has 0 unspecified atom stereocenters. The van der Waals surface area contributed by atoms with Crippen LogP contribution in [0, 0.1) is 5.82 Å². The number of halogens is 5. The molecule has 0 saturated heterocycles. The van der Waals surface area contributed by atoms with Crippen LogP contribution < -0.4 is 5.73 Å². The molecule has 0 radical (unpaired) electrons. The summed E-state index contributed by atoms with van der Waals surface area (Å²) in [5.41, 5.74) is 4.89. The van der Waals surface area contributed by atoms with Gasteiger partial charge in [0.1, 0.15) is 5.82 Å². The zero-order valence-corrected chi connectivity index (χ0v) is 18.3. The molecule has 10 heteroatoms. The van der Waals surface area contributed by atoms with E-state index in [-0.39, 0.29) is 30.0 Å². The molecule has 3 aromatic rings. The number of carbonyl (C=O) groups is 2. The third-order valence-corrected chi connectivity index (χ3v) is 6.06. The summed E-state index contributed by atoms with van der Waals surface area (Å²) < 4.78 is 55.5. The van der Waals surface area contributed by atoms with E-state index in [4.69, 9.17) is 17.3 Å². The predicted molar refractivity (Wildman–Crippen MR) is 117 cm³/mol. The largest absolute Gasteiger partial charge is 0.417 e. The Morgan fingerprint density at radius 3 is 2.59 bits per heavy atom. The number of hydrogen-bond acceptors (Lipinski definition) is 3. The average Bonchev–Trinajstić information content (AvgIpc) is 3.20. The van der Waals surface area contributed by atoms with Gasteiger partial charge in [-0.25, -0.2) is 4.39 Å². The van der Waals surface area contributed by atoms with Gasteiger partial charge in [-0.3, -0.25) is 14.6 Å². The first kappa shape index (κ1) is 23.7. The second kappa shape index (κ2) is 9.06. The molecule has 2 amide bonds. The van der Waals surface area contributed by atoms with Crippen LogP contribution in [0.25, 0.3) is 0 Å². The Hall–Kier alpha value is -3.46. The molecule has 0 bridgehead atoms. The highest BCUT2D eigenvalue weighted by Crippen LogP contribution is 2.41. The first-order chi connectivity index (χ1) is 16.1. The van der Waals surface area contributed by atoms with Crippen LogP contribution in [0.15, 0.2) is 54.9 Å². The Bertz CT molecular complexity index is 1280. The molecule has 4 rings (SSSR count). The lowest BCUT2D eigenvalue weighted by Gasteiger charge is -2.31. The Labute approximate surface area is 197 Å². The number of primary amides is 1. The number of carbonyl (C=O) groups excluding carboxylic acids is 2. The van der Waals surface area contributed by atoms with Crippen LogP contribution >= 0.6 is 11.6 Å². The average molecular weight is 492 g/mol. The molecule has 0 spiro atoms. The molecular formula is C24H18ClF4N3O2. The second-order valence-corrected chi connectivity index (χ2v) is 8.32. The van der Waals surface area contributed by atoms with E-state index < -0.39 is 41.0 Å². The molecule has 0 aliphatic heterocycles. The zero-order chi connectivity index (χ0) is 24.6. The Morgan fingerprint density at radius 1 is 1.15 bits per heavy atom. The summed E-state index contributed by atoms with van der Waals surface area (Å²) in [5.74, 6) is -2.26. The third kappa shape index (κ3) is 4.48. The van der Waals surface area contributed by atoms with Gasteiger partial charge in [-0.1, -0.05) is 29.8 Å². The maximum atomic E-state index is 14.5. The highest BCUT2D eigenvalue weighted by molar-refractivity contribution is 6.30.